The van der Waals surface area contributed by atoms with Crippen LogP contribution in [0.25, 0.3) is 10.3 Å². The molecule has 26 heavy (non-hydrogen) atoms. The van der Waals surface area contributed by atoms with Crippen molar-refractivity contribution in [2.45, 2.75) is 70.2 Å². The molecule has 3 heterocycles. The number of hydrogen-bond donors (Lipinski definition) is 0. The fraction of sp³-hybridized carbons (Fsp3) is 0.579. The van der Waals surface area contributed by atoms with E-state index >= 15 is 0 Å². The molecule has 0 N–H and O–H groups in total. The first-order valence-corrected chi connectivity index (χ1v) is 9.82. The van der Waals surface area contributed by atoms with Gasteiger partial charge in [0, 0.05) is 31.0 Å². The molecule has 0 spiro atoms. The van der Waals surface area contributed by atoms with Gasteiger partial charge in [-0.25, -0.2) is 9.59 Å². The monoisotopic (exact) mass is 377 g/mol. The second-order valence-corrected chi connectivity index (χ2v) is 9.02. The third-order valence-corrected chi connectivity index (χ3v) is 5.71. The number of carbonyl (C=O) groups excluding carboxylic acids is 1. The second-order valence-electron chi connectivity index (χ2n) is 8.05. The summed E-state index contributed by atoms with van der Waals surface area (Å²) in [5, 5.41) is 0. The van der Waals surface area contributed by atoms with E-state index in [9.17, 15) is 9.59 Å². The number of carbonyl (C=O) groups is 1. The van der Waals surface area contributed by atoms with Crippen LogP contribution in [-0.2, 0) is 4.74 Å². The van der Waals surface area contributed by atoms with Crippen LogP contribution in [0.1, 0.15) is 46.5 Å². The van der Waals surface area contributed by atoms with Gasteiger partial charge in [0.1, 0.15) is 17.5 Å². The Bertz CT molecular complexity index is 866. The predicted molar refractivity (Wildman–Crippen MR) is 98.9 cm³/mol. The molecule has 140 valence electrons. The summed E-state index contributed by atoms with van der Waals surface area (Å²) in [7, 11) is 0. The molecule has 7 heteroatoms. The molecule has 3 atom stereocenters. The van der Waals surface area contributed by atoms with Gasteiger partial charge in [0.05, 0.1) is 4.70 Å². The topological polar surface area (TPSA) is 69.0 Å². The lowest BCUT2D eigenvalue weighted by atomic mass is 10.00. The molecule has 0 aliphatic carbocycles. The van der Waals surface area contributed by atoms with Gasteiger partial charge >= 0.3 is 11.0 Å². The highest BCUT2D eigenvalue weighted by molar-refractivity contribution is 7.16. The van der Waals surface area contributed by atoms with Gasteiger partial charge in [0.15, 0.2) is 5.58 Å². The molecule has 2 aromatic rings. The van der Waals surface area contributed by atoms with Crippen LogP contribution >= 0.6 is 11.3 Å². The van der Waals surface area contributed by atoms with E-state index in [1.165, 1.54) is 0 Å². The molecule has 2 bridgehead atoms. The Labute approximate surface area is 155 Å². The summed E-state index contributed by atoms with van der Waals surface area (Å²) in [6.45, 7) is 5.67. The normalized spacial score (nSPS) is 25.5. The van der Waals surface area contributed by atoms with Crippen molar-refractivity contribution in [1.82, 2.24) is 4.90 Å². The summed E-state index contributed by atoms with van der Waals surface area (Å²) >= 11 is 1.09. The molecule has 4 rings (SSSR count). The SMILES string of the molecule is CC(C)(C)OC(=O)N1[C@@H]2CC[C@H]1CC(Oc1ccc3sc(=O)oc3c1)C2. The Balaban J connectivity index is 1.44. The number of nitrogens with zero attached hydrogens (tertiary/aromatic N) is 1. The number of amides is 1. The van der Waals surface area contributed by atoms with Crippen molar-refractivity contribution < 1.29 is 18.7 Å². The molecule has 1 amide bonds. The van der Waals surface area contributed by atoms with E-state index in [4.69, 9.17) is 13.9 Å². The third kappa shape index (κ3) is 3.45. The molecule has 2 aliphatic rings. The fourth-order valence-corrected chi connectivity index (χ4v) is 4.60. The minimum Gasteiger partial charge on any atom is -0.490 e. The molecule has 0 saturated carbocycles. The molecule has 6 nitrogen and oxygen atoms in total. The number of ether oxygens (including phenoxy) is 2. The van der Waals surface area contributed by atoms with Crippen molar-refractivity contribution in [3.63, 3.8) is 0 Å². The quantitative estimate of drug-likeness (QED) is 0.786. The molecule has 2 fully saturated rings. The van der Waals surface area contributed by atoms with Crippen molar-refractivity contribution in [1.29, 1.82) is 0 Å². The minimum absolute atomic E-state index is 0.0500. The summed E-state index contributed by atoms with van der Waals surface area (Å²) in [4.78, 5) is 25.5. The van der Waals surface area contributed by atoms with E-state index in [0.717, 1.165) is 41.7 Å². The first-order valence-electron chi connectivity index (χ1n) is 9.00. The average molecular weight is 377 g/mol. The summed E-state index contributed by atoms with van der Waals surface area (Å²) in [6.07, 6.45) is 3.39. The summed E-state index contributed by atoms with van der Waals surface area (Å²) < 4.78 is 17.7. The van der Waals surface area contributed by atoms with Crippen LogP contribution in [-0.4, -0.2) is 34.8 Å². The smallest absolute Gasteiger partial charge is 0.410 e. The lowest BCUT2D eigenvalue weighted by molar-refractivity contribution is -0.00705. The van der Waals surface area contributed by atoms with Gasteiger partial charge in [-0.3, -0.25) is 0 Å². The molecule has 2 aliphatic heterocycles. The van der Waals surface area contributed by atoms with Crippen LogP contribution in [0, 0.1) is 0 Å². The van der Waals surface area contributed by atoms with E-state index < -0.39 is 5.60 Å². The van der Waals surface area contributed by atoms with Gasteiger partial charge in [-0.1, -0.05) is 11.3 Å². The molecular formula is C19H23NO5S. The predicted octanol–water partition coefficient (Wildman–Crippen LogP) is 4.16. The van der Waals surface area contributed by atoms with E-state index in [1.54, 1.807) is 6.07 Å². The van der Waals surface area contributed by atoms with Crippen LogP contribution in [0.2, 0.25) is 0 Å². The summed E-state index contributed by atoms with van der Waals surface area (Å²) in [5.74, 6) is 0.703. The highest BCUT2D eigenvalue weighted by atomic mass is 32.1. The number of hydrogen-bond acceptors (Lipinski definition) is 6. The van der Waals surface area contributed by atoms with Crippen molar-refractivity contribution in [2.75, 3.05) is 0 Å². The summed E-state index contributed by atoms with van der Waals surface area (Å²) in [5.41, 5.74) is 0.0793. The van der Waals surface area contributed by atoms with Gasteiger partial charge < -0.3 is 18.8 Å². The first kappa shape index (κ1) is 17.4. The molecular weight excluding hydrogens is 354 g/mol. The zero-order chi connectivity index (χ0) is 18.5. The maximum atomic E-state index is 12.5. The van der Waals surface area contributed by atoms with Crippen molar-refractivity contribution in [3.8, 4) is 5.75 Å². The Morgan fingerprint density at radius 2 is 1.92 bits per heavy atom. The molecule has 1 aromatic carbocycles. The Hall–Kier alpha value is -2.02. The molecule has 1 unspecified atom stereocenters. The van der Waals surface area contributed by atoms with Gasteiger partial charge in [-0.2, -0.15) is 0 Å². The van der Waals surface area contributed by atoms with Gasteiger partial charge in [0.25, 0.3) is 0 Å². The number of piperidine rings is 1. The van der Waals surface area contributed by atoms with Crippen LogP contribution in [0.5, 0.6) is 5.75 Å². The number of fused-ring (bicyclic) bond motifs is 3. The van der Waals surface area contributed by atoms with E-state index in [-0.39, 0.29) is 29.2 Å². The largest absolute Gasteiger partial charge is 0.490 e. The minimum atomic E-state index is -0.482. The van der Waals surface area contributed by atoms with E-state index in [1.807, 2.05) is 37.8 Å². The maximum Gasteiger partial charge on any atom is 0.410 e. The Morgan fingerprint density at radius 1 is 1.23 bits per heavy atom. The second kappa shape index (κ2) is 6.30. The van der Waals surface area contributed by atoms with Gasteiger partial charge in [0.2, 0.25) is 0 Å². The Kier molecular flexibility index (Phi) is 4.22. The van der Waals surface area contributed by atoms with E-state index in [2.05, 4.69) is 0 Å². The lowest BCUT2D eigenvalue weighted by Gasteiger charge is -2.39. The van der Waals surface area contributed by atoms with Crippen LogP contribution in [0.15, 0.2) is 27.4 Å². The lowest BCUT2D eigenvalue weighted by Crippen LogP contribution is -2.50. The average Bonchev–Trinajstić information content (AvgIpc) is 3.02. The molecule has 0 radical (unpaired) electrons. The first-order chi connectivity index (χ1) is 12.3. The van der Waals surface area contributed by atoms with Crippen molar-refractivity contribution >= 4 is 27.7 Å². The van der Waals surface area contributed by atoms with Gasteiger partial charge in [-0.05, 0) is 45.7 Å². The van der Waals surface area contributed by atoms with Crippen LogP contribution < -0.4 is 9.68 Å². The Morgan fingerprint density at radius 3 is 2.58 bits per heavy atom. The van der Waals surface area contributed by atoms with E-state index in [0.29, 0.717) is 11.3 Å². The fourth-order valence-electron chi connectivity index (χ4n) is 3.95. The third-order valence-electron chi connectivity index (χ3n) is 4.90. The molecule has 2 saturated heterocycles. The highest BCUT2D eigenvalue weighted by Gasteiger charge is 2.45. The van der Waals surface area contributed by atoms with Crippen molar-refractivity contribution in [3.05, 3.63) is 27.9 Å². The maximum absolute atomic E-state index is 12.5. The standard InChI is InChI=1S/C19H23NO5S/c1-19(2,3)25-17(21)20-11-4-5-12(20)9-14(8-11)23-13-6-7-16-15(10-13)24-18(22)26-16/h6-7,10-12,14H,4-5,8-9H2,1-3H3/t11-,12+,14?. The zero-order valence-corrected chi connectivity index (χ0v) is 16.0. The van der Waals surface area contributed by atoms with Crippen LogP contribution in [0.4, 0.5) is 4.79 Å². The van der Waals surface area contributed by atoms with Crippen molar-refractivity contribution in [2.24, 2.45) is 0 Å². The molecule has 1 aromatic heterocycles. The van der Waals surface area contributed by atoms with Crippen LogP contribution in [0.3, 0.4) is 0 Å². The number of rotatable bonds is 2. The number of benzene rings is 1. The highest BCUT2D eigenvalue weighted by Crippen LogP contribution is 2.38. The summed E-state index contributed by atoms with van der Waals surface area (Å²) in [6, 6.07) is 5.82. The zero-order valence-electron chi connectivity index (χ0n) is 15.2. The van der Waals surface area contributed by atoms with Gasteiger partial charge in [-0.15, -0.1) is 0 Å².